The minimum Gasteiger partial charge on any atom is -0.364 e. The Bertz CT molecular complexity index is 886. The maximum Gasteiger partial charge on any atom is 0.274 e. The summed E-state index contributed by atoms with van der Waals surface area (Å²) < 4.78 is 0.964. The highest BCUT2D eigenvalue weighted by atomic mass is 79.9. The standard InChI is InChI=1S/C18H16BrN5O/c1-12-8-13(19)5-6-15(12)24-18(25)16-9-17(23-11-22-16)21-10-14-4-2-3-7-20-14/h2-9,11H,10H2,1H3,(H,24,25)(H,21,22,23). The van der Waals surface area contributed by atoms with Gasteiger partial charge in [-0.25, -0.2) is 9.97 Å². The van der Waals surface area contributed by atoms with Gasteiger partial charge in [-0.3, -0.25) is 9.78 Å². The zero-order valence-corrected chi connectivity index (χ0v) is 15.1. The number of carbonyl (C=O) groups is 1. The Labute approximate surface area is 153 Å². The van der Waals surface area contributed by atoms with E-state index in [9.17, 15) is 4.79 Å². The highest BCUT2D eigenvalue weighted by molar-refractivity contribution is 9.10. The number of hydrogen-bond donors (Lipinski definition) is 2. The molecule has 0 bridgehead atoms. The molecule has 0 fully saturated rings. The normalized spacial score (nSPS) is 10.3. The van der Waals surface area contributed by atoms with Gasteiger partial charge in [0.15, 0.2) is 0 Å². The third-order valence-corrected chi connectivity index (χ3v) is 4.01. The molecule has 1 aromatic carbocycles. The van der Waals surface area contributed by atoms with E-state index >= 15 is 0 Å². The summed E-state index contributed by atoms with van der Waals surface area (Å²) in [5, 5.41) is 6.00. The summed E-state index contributed by atoms with van der Waals surface area (Å²) in [7, 11) is 0. The lowest BCUT2D eigenvalue weighted by molar-refractivity contribution is 0.102. The lowest BCUT2D eigenvalue weighted by Crippen LogP contribution is -2.15. The van der Waals surface area contributed by atoms with Gasteiger partial charge in [-0.05, 0) is 42.8 Å². The molecule has 0 saturated carbocycles. The topological polar surface area (TPSA) is 79.8 Å². The molecule has 2 heterocycles. The highest BCUT2D eigenvalue weighted by Crippen LogP contribution is 2.20. The van der Waals surface area contributed by atoms with E-state index in [1.54, 1.807) is 12.3 Å². The van der Waals surface area contributed by atoms with Gasteiger partial charge in [0.05, 0.1) is 12.2 Å². The summed E-state index contributed by atoms with van der Waals surface area (Å²) in [6, 6.07) is 13.0. The van der Waals surface area contributed by atoms with Crippen LogP contribution in [0.3, 0.4) is 0 Å². The number of rotatable bonds is 5. The molecule has 3 rings (SSSR count). The molecule has 0 saturated heterocycles. The van der Waals surface area contributed by atoms with Gasteiger partial charge in [0.1, 0.15) is 17.8 Å². The van der Waals surface area contributed by atoms with Crippen molar-refractivity contribution in [2.24, 2.45) is 0 Å². The van der Waals surface area contributed by atoms with Crippen LogP contribution < -0.4 is 10.6 Å². The second kappa shape index (κ2) is 7.85. The molecule has 6 nitrogen and oxygen atoms in total. The number of nitrogens with zero attached hydrogens (tertiary/aromatic N) is 3. The van der Waals surface area contributed by atoms with Crippen molar-refractivity contribution in [3.05, 3.63) is 76.4 Å². The fraction of sp³-hybridized carbons (Fsp3) is 0.111. The monoisotopic (exact) mass is 397 g/mol. The average molecular weight is 398 g/mol. The van der Waals surface area contributed by atoms with Crippen LogP contribution in [0.5, 0.6) is 0 Å². The molecule has 0 unspecified atom stereocenters. The van der Waals surface area contributed by atoms with Crippen molar-refractivity contribution in [1.29, 1.82) is 0 Å². The first kappa shape index (κ1) is 17.0. The van der Waals surface area contributed by atoms with E-state index in [0.29, 0.717) is 18.1 Å². The molecule has 3 aromatic rings. The SMILES string of the molecule is Cc1cc(Br)ccc1NC(=O)c1cc(NCc2ccccn2)ncn1. The van der Waals surface area contributed by atoms with Crippen molar-refractivity contribution in [3.63, 3.8) is 0 Å². The second-order valence-corrected chi connectivity index (χ2v) is 6.29. The third kappa shape index (κ3) is 4.60. The number of amides is 1. The van der Waals surface area contributed by atoms with Crippen LogP contribution in [0.2, 0.25) is 0 Å². The van der Waals surface area contributed by atoms with E-state index in [-0.39, 0.29) is 5.91 Å². The van der Waals surface area contributed by atoms with Crippen molar-refractivity contribution in [2.45, 2.75) is 13.5 Å². The van der Waals surface area contributed by atoms with Gasteiger partial charge >= 0.3 is 0 Å². The van der Waals surface area contributed by atoms with Gasteiger partial charge in [-0.15, -0.1) is 0 Å². The van der Waals surface area contributed by atoms with Crippen molar-refractivity contribution in [1.82, 2.24) is 15.0 Å². The Morgan fingerprint density at radius 3 is 2.76 bits per heavy atom. The smallest absolute Gasteiger partial charge is 0.274 e. The van der Waals surface area contributed by atoms with E-state index in [1.807, 2.05) is 43.3 Å². The Morgan fingerprint density at radius 2 is 2.00 bits per heavy atom. The Hall–Kier alpha value is -2.80. The Balaban J connectivity index is 1.69. The summed E-state index contributed by atoms with van der Waals surface area (Å²) in [6.45, 7) is 2.45. The third-order valence-electron chi connectivity index (χ3n) is 3.51. The van der Waals surface area contributed by atoms with E-state index in [4.69, 9.17) is 0 Å². The van der Waals surface area contributed by atoms with Crippen LogP contribution in [-0.4, -0.2) is 20.9 Å². The average Bonchev–Trinajstić information content (AvgIpc) is 2.63. The Morgan fingerprint density at radius 1 is 1.12 bits per heavy atom. The predicted octanol–water partition coefficient (Wildman–Crippen LogP) is 3.81. The van der Waals surface area contributed by atoms with E-state index in [0.717, 1.165) is 21.4 Å². The van der Waals surface area contributed by atoms with E-state index in [2.05, 4.69) is 41.5 Å². The van der Waals surface area contributed by atoms with Crippen LogP contribution >= 0.6 is 15.9 Å². The molecule has 25 heavy (non-hydrogen) atoms. The molecule has 7 heteroatoms. The van der Waals surface area contributed by atoms with Crippen LogP contribution in [0.15, 0.2) is 59.5 Å². The molecule has 0 radical (unpaired) electrons. The van der Waals surface area contributed by atoms with Crippen molar-refractivity contribution in [3.8, 4) is 0 Å². The molecular formula is C18H16BrN5O. The molecule has 1 amide bonds. The lowest BCUT2D eigenvalue weighted by Gasteiger charge is -2.09. The van der Waals surface area contributed by atoms with Crippen LogP contribution in [0, 0.1) is 6.92 Å². The number of anilines is 2. The van der Waals surface area contributed by atoms with Crippen LogP contribution in [0.25, 0.3) is 0 Å². The number of benzene rings is 1. The van der Waals surface area contributed by atoms with Gasteiger partial charge in [-0.2, -0.15) is 0 Å². The summed E-state index contributed by atoms with van der Waals surface area (Å²) in [5.41, 5.74) is 2.89. The van der Waals surface area contributed by atoms with Crippen LogP contribution in [-0.2, 0) is 6.54 Å². The zero-order valence-electron chi connectivity index (χ0n) is 13.5. The molecule has 0 aliphatic carbocycles. The summed E-state index contributed by atoms with van der Waals surface area (Å²) >= 11 is 3.41. The van der Waals surface area contributed by atoms with E-state index < -0.39 is 0 Å². The number of carbonyl (C=O) groups excluding carboxylic acids is 1. The number of nitrogens with one attached hydrogen (secondary N) is 2. The first-order chi connectivity index (χ1) is 12.1. The molecule has 0 aliphatic heterocycles. The number of hydrogen-bond acceptors (Lipinski definition) is 5. The number of aryl methyl sites for hydroxylation is 1. The van der Waals surface area contributed by atoms with Crippen molar-refractivity contribution in [2.75, 3.05) is 10.6 Å². The molecule has 0 aliphatic rings. The highest BCUT2D eigenvalue weighted by Gasteiger charge is 2.11. The van der Waals surface area contributed by atoms with Gasteiger partial charge in [0, 0.05) is 22.4 Å². The molecule has 2 N–H and O–H groups in total. The Kier molecular flexibility index (Phi) is 5.35. The van der Waals surface area contributed by atoms with Gasteiger partial charge in [0.25, 0.3) is 5.91 Å². The minimum atomic E-state index is -0.284. The molecular weight excluding hydrogens is 382 g/mol. The largest absolute Gasteiger partial charge is 0.364 e. The van der Waals surface area contributed by atoms with Crippen LogP contribution in [0.4, 0.5) is 11.5 Å². The first-order valence-electron chi connectivity index (χ1n) is 7.65. The van der Waals surface area contributed by atoms with Crippen molar-refractivity contribution >= 4 is 33.3 Å². The number of halogens is 1. The molecule has 126 valence electrons. The maximum absolute atomic E-state index is 12.4. The minimum absolute atomic E-state index is 0.284. The van der Waals surface area contributed by atoms with E-state index in [1.165, 1.54) is 6.33 Å². The van der Waals surface area contributed by atoms with Crippen molar-refractivity contribution < 1.29 is 4.79 Å². The first-order valence-corrected chi connectivity index (χ1v) is 8.44. The van der Waals surface area contributed by atoms with Crippen LogP contribution in [0.1, 0.15) is 21.7 Å². The quantitative estimate of drug-likeness (QED) is 0.684. The summed E-state index contributed by atoms with van der Waals surface area (Å²) in [6.07, 6.45) is 3.10. The number of pyridine rings is 1. The molecule has 0 spiro atoms. The van der Waals surface area contributed by atoms with Gasteiger partial charge in [-0.1, -0.05) is 22.0 Å². The maximum atomic E-state index is 12.4. The fourth-order valence-electron chi connectivity index (χ4n) is 2.22. The van der Waals surface area contributed by atoms with Gasteiger partial charge < -0.3 is 10.6 Å². The zero-order chi connectivity index (χ0) is 17.6. The predicted molar refractivity (Wildman–Crippen MR) is 100 cm³/mol. The second-order valence-electron chi connectivity index (χ2n) is 5.38. The lowest BCUT2D eigenvalue weighted by atomic mass is 10.2. The summed E-state index contributed by atoms with van der Waals surface area (Å²) in [5.74, 6) is 0.284. The summed E-state index contributed by atoms with van der Waals surface area (Å²) in [4.78, 5) is 24.8. The molecule has 2 aromatic heterocycles. The fourth-order valence-corrected chi connectivity index (χ4v) is 2.69. The number of aromatic nitrogens is 3. The van der Waals surface area contributed by atoms with Gasteiger partial charge in [0.2, 0.25) is 0 Å². The molecule has 0 atom stereocenters.